The summed E-state index contributed by atoms with van der Waals surface area (Å²) in [5.74, 6) is 1.86. The van der Waals surface area contributed by atoms with Crippen LogP contribution in [0.25, 0.3) is 5.69 Å². The summed E-state index contributed by atoms with van der Waals surface area (Å²) < 4.78 is 17.3. The quantitative estimate of drug-likeness (QED) is 0.313. The third kappa shape index (κ3) is 5.19. The molecule has 4 aromatic rings. The van der Waals surface area contributed by atoms with Gasteiger partial charge in [0.2, 0.25) is 11.6 Å². The van der Waals surface area contributed by atoms with Crippen LogP contribution in [0.15, 0.2) is 93.2 Å². The van der Waals surface area contributed by atoms with Gasteiger partial charge in [-0.25, -0.2) is 4.79 Å². The maximum atomic E-state index is 12.4. The number of ether oxygens (including phenoxy) is 2. The van der Waals surface area contributed by atoms with Crippen LogP contribution >= 0.6 is 11.8 Å². The molecule has 8 nitrogen and oxygen atoms in total. The number of carbonyl (C=O) groups is 1. The lowest BCUT2D eigenvalue weighted by atomic mass is 10.3. The number of nitrogens with one attached hydrogen (secondary N) is 2. The van der Waals surface area contributed by atoms with Crippen molar-refractivity contribution in [2.24, 2.45) is 0 Å². The highest BCUT2D eigenvalue weighted by Gasteiger charge is 2.25. The number of carbonyl (C=O) groups excluding carboxylic acids is 1. The maximum Gasteiger partial charge on any atom is 0.442 e. The van der Waals surface area contributed by atoms with Crippen LogP contribution in [0.4, 0.5) is 5.69 Å². The van der Waals surface area contributed by atoms with Crippen molar-refractivity contribution in [3.63, 3.8) is 0 Å². The molecule has 0 atom stereocenters. The summed E-state index contributed by atoms with van der Waals surface area (Å²) in [6.45, 7) is 0. The summed E-state index contributed by atoms with van der Waals surface area (Å²) in [6, 6.07) is 23.6. The lowest BCUT2D eigenvalue weighted by Gasteiger charge is -2.07. The van der Waals surface area contributed by atoms with Gasteiger partial charge in [-0.15, -0.1) is 0 Å². The smallest absolute Gasteiger partial charge is 0.442 e. The summed E-state index contributed by atoms with van der Waals surface area (Å²) in [7, 11) is 1.58. The van der Waals surface area contributed by atoms with E-state index in [1.54, 1.807) is 55.6 Å². The Morgan fingerprint density at radius 2 is 1.62 bits per heavy atom. The van der Waals surface area contributed by atoms with Gasteiger partial charge in [0.25, 0.3) is 0 Å². The van der Waals surface area contributed by atoms with Crippen molar-refractivity contribution in [3.8, 4) is 22.9 Å². The van der Waals surface area contributed by atoms with Crippen LogP contribution in [-0.2, 0) is 4.79 Å². The first-order valence-corrected chi connectivity index (χ1v) is 10.6. The number of thioether (sulfide) groups is 1. The van der Waals surface area contributed by atoms with E-state index in [1.165, 1.54) is 4.68 Å². The maximum absolute atomic E-state index is 12.4. The average Bonchev–Trinajstić information content (AvgIpc) is 3.20. The molecule has 2 N–H and O–H groups in total. The molecule has 0 spiro atoms. The minimum Gasteiger partial charge on any atom is -0.497 e. The van der Waals surface area contributed by atoms with E-state index < -0.39 is 5.63 Å². The SMILES string of the molecule is COc1ccc(-[n+]2[nH]oc(=O)c2SCC(=O)Nc2ccc(Oc3ccccc3)cc2)cc1. The van der Waals surface area contributed by atoms with Crippen molar-refractivity contribution in [2.45, 2.75) is 5.03 Å². The Morgan fingerprint density at radius 3 is 2.31 bits per heavy atom. The molecule has 1 heterocycles. The molecule has 1 aromatic heterocycles. The predicted octanol–water partition coefficient (Wildman–Crippen LogP) is 3.78. The molecule has 9 heteroatoms. The number of methoxy groups -OCH3 is 1. The Bertz CT molecular complexity index is 1240. The second kappa shape index (κ2) is 9.88. The number of para-hydroxylation sites is 1. The largest absolute Gasteiger partial charge is 0.497 e. The van der Waals surface area contributed by atoms with Gasteiger partial charge < -0.3 is 14.8 Å². The molecule has 0 unspecified atom stereocenters. The molecule has 32 heavy (non-hydrogen) atoms. The fraction of sp³-hybridized carbons (Fsp3) is 0.0870. The number of hydrogen-bond acceptors (Lipinski definition) is 6. The van der Waals surface area contributed by atoms with Crippen LogP contribution in [0.3, 0.4) is 0 Å². The van der Waals surface area contributed by atoms with E-state index in [0.717, 1.165) is 17.5 Å². The highest BCUT2D eigenvalue weighted by atomic mass is 32.2. The third-order valence-corrected chi connectivity index (χ3v) is 5.42. The van der Waals surface area contributed by atoms with Crippen molar-refractivity contribution in [3.05, 3.63) is 89.3 Å². The molecular weight excluding hydrogens is 430 g/mol. The second-order valence-corrected chi connectivity index (χ2v) is 7.56. The predicted molar refractivity (Wildman–Crippen MR) is 120 cm³/mol. The third-order valence-electron chi connectivity index (χ3n) is 4.39. The summed E-state index contributed by atoms with van der Waals surface area (Å²) in [4.78, 5) is 24.5. The molecule has 0 bridgehead atoms. The fourth-order valence-electron chi connectivity index (χ4n) is 2.85. The van der Waals surface area contributed by atoms with Gasteiger partial charge in [-0.3, -0.25) is 9.32 Å². The van der Waals surface area contributed by atoms with Gasteiger partial charge in [0.1, 0.15) is 17.2 Å². The normalized spacial score (nSPS) is 10.5. The number of aromatic amines is 1. The van der Waals surface area contributed by atoms with Crippen LogP contribution in [0, 0.1) is 0 Å². The molecule has 0 fully saturated rings. The first kappa shape index (κ1) is 21.3. The van der Waals surface area contributed by atoms with E-state index in [-0.39, 0.29) is 16.7 Å². The number of hydrogen-bond donors (Lipinski definition) is 2. The highest BCUT2D eigenvalue weighted by Crippen LogP contribution is 2.23. The molecular formula is C23H20N3O5S+. The minimum atomic E-state index is -0.555. The molecule has 0 aliphatic carbocycles. The average molecular weight is 450 g/mol. The Hall–Kier alpha value is -3.98. The Labute approximate surface area is 187 Å². The Kier molecular flexibility index (Phi) is 6.57. The van der Waals surface area contributed by atoms with Gasteiger partial charge >= 0.3 is 10.7 Å². The van der Waals surface area contributed by atoms with Crippen LogP contribution < -0.4 is 25.1 Å². The lowest BCUT2D eigenvalue weighted by Crippen LogP contribution is -2.36. The zero-order valence-corrected chi connectivity index (χ0v) is 17.9. The van der Waals surface area contributed by atoms with Gasteiger partial charge in [0.05, 0.1) is 12.9 Å². The Morgan fingerprint density at radius 1 is 0.969 bits per heavy atom. The van der Waals surface area contributed by atoms with E-state index in [4.69, 9.17) is 14.0 Å². The van der Waals surface area contributed by atoms with Gasteiger partial charge in [0.15, 0.2) is 0 Å². The number of H-pyrrole nitrogens is 1. The number of amides is 1. The molecule has 0 saturated heterocycles. The van der Waals surface area contributed by atoms with E-state index >= 15 is 0 Å². The van der Waals surface area contributed by atoms with Gasteiger partial charge in [-0.2, -0.15) is 0 Å². The topological polar surface area (TPSA) is 97.4 Å². The monoisotopic (exact) mass is 450 g/mol. The molecule has 162 valence electrons. The van der Waals surface area contributed by atoms with Crippen molar-refractivity contribution < 1.29 is 23.5 Å². The lowest BCUT2D eigenvalue weighted by molar-refractivity contribution is -0.704. The molecule has 0 aliphatic rings. The summed E-state index contributed by atoms with van der Waals surface area (Å²) >= 11 is 1.07. The fourth-order valence-corrected chi connectivity index (χ4v) is 3.62. The van der Waals surface area contributed by atoms with E-state index in [9.17, 15) is 9.59 Å². The molecule has 3 aromatic carbocycles. The van der Waals surface area contributed by atoms with E-state index in [0.29, 0.717) is 22.9 Å². The number of benzene rings is 3. The van der Waals surface area contributed by atoms with Crippen molar-refractivity contribution in [1.82, 2.24) is 5.27 Å². The number of nitrogens with zero attached hydrogens (tertiary/aromatic N) is 1. The van der Waals surface area contributed by atoms with Crippen LogP contribution in [0.2, 0.25) is 0 Å². The van der Waals surface area contributed by atoms with Gasteiger partial charge in [-0.1, -0.05) is 18.2 Å². The number of aromatic nitrogens is 2. The van der Waals surface area contributed by atoms with Crippen LogP contribution in [0.5, 0.6) is 17.2 Å². The molecule has 1 amide bonds. The van der Waals surface area contributed by atoms with Crippen LogP contribution in [0.1, 0.15) is 0 Å². The zero-order chi connectivity index (χ0) is 22.3. The summed E-state index contributed by atoms with van der Waals surface area (Å²) in [6.07, 6.45) is 0. The van der Waals surface area contributed by atoms with Gasteiger partial charge in [-0.05, 0) is 70.2 Å². The van der Waals surface area contributed by atoms with Gasteiger partial charge in [0, 0.05) is 17.8 Å². The molecule has 4 rings (SSSR count). The van der Waals surface area contributed by atoms with E-state index in [1.807, 2.05) is 30.3 Å². The van der Waals surface area contributed by atoms with Crippen molar-refractivity contribution >= 4 is 23.4 Å². The summed E-state index contributed by atoms with van der Waals surface area (Å²) in [5, 5.41) is 5.62. The first-order valence-electron chi connectivity index (χ1n) is 9.66. The zero-order valence-electron chi connectivity index (χ0n) is 17.1. The number of anilines is 1. The molecule has 0 saturated carbocycles. The molecule has 0 radical (unpaired) electrons. The second-order valence-electron chi connectivity index (χ2n) is 6.60. The summed E-state index contributed by atoms with van der Waals surface area (Å²) in [5.41, 5.74) is 0.745. The van der Waals surface area contributed by atoms with Crippen LogP contribution in [-0.4, -0.2) is 24.0 Å². The number of rotatable bonds is 8. The standard InChI is InChI=1S/C23H19N3O5S/c1-29-18-13-9-17(10-14-18)26-22(23(28)31-25-26)32-15-21(27)24-16-7-11-20(12-8-16)30-19-5-3-2-4-6-19/h2-14H,15H2,1H3,(H-,24,25,27,28)/p+1. The van der Waals surface area contributed by atoms with E-state index in [2.05, 4.69) is 10.6 Å². The first-order chi connectivity index (χ1) is 15.6. The minimum absolute atomic E-state index is 0.0288. The van der Waals surface area contributed by atoms with Crippen molar-refractivity contribution in [1.29, 1.82) is 0 Å². The molecule has 0 aliphatic heterocycles. The highest BCUT2D eigenvalue weighted by molar-refractivity contribution is 7.99. The Balaban J connectivity index is 1.36. The van der Waals surface area contributed by atoms with Crippen molar-refractivity contribution in [2.75, 3.05) is 18.2 Å².